The summed E-state index contributed by atoms with van der Waals surface area (Å²) in [4.78, 5) is 17.3. The molecular weight excluding hydrogens is 130 g/mol. The van der Waals surface area contributed by atoms with Crippen molar-refractivity contribution in [2.45, 2.75) is 0 Å². The van der Waals surface area contributed by atoms with Gasteiger partial charge in [0, 0.05) is 6.20 Å². The van der Waals surface area contributed by atoms with Crippen LogP contribution in [-0.4, -0.2) is 14.4 Å². The Balaban J connectivity index is 3.28. The molecule has 2 aromatic heterocycles. The van der Waals surface area contributed by atoms with Crippen molar-refractivity contribution in [3.63, 3.8) is 0 Å². The first-order valence-corrected chi connectivity index (χ1v) is 2.83. The zero-order chi connectivity index (χ0) is 7.14. The van der Waals surface area contributed by atoms with E-state index in [1.165, 1.54) is 4.40 Å². The van der Waals surface area contributed by atoms with Crippen LogP contribution >= 0.6 is 0 Å². The Labute approximate surface area is 55.8 Å². The van der Waals surface area contributed by atoms with Crippen molar-refractivity contribution < 1.29 is 0 Å². The molecule has 2 rings (SSSR count). The Hall–Kier alpha value is -1.58. The van der Waals surface area contributed by atoms with Gasteiger partial charge >= 0.3 is 5.69 Å². The van der Waals surface area contributed by atoms with E-state index in [1.807, 2.05) is 0 Å². The van der Waals surface area contributed by atoms with Gasteiger partial charge in [-0.1, -0.05) is 6.58 Å². The monoisotopic (exact) mass is 135 g/mol. The van der Waals surface area contributed by atoms with Crippen LogP contribution in [0.1, 0.15) is 0 Å². The smallest absolute Gasteiger partial charge is 0.310 e. The summed E-state index contributed by atoms with van der Waals surface area (Å²) in [5.74, 6) is 0. The van der Waals surface area contributed by atoms with Crippen LogP contribution in [0.2, 0.25) is 0 Å². The van der Waals surface area contributed by atoms with Gasteiger partial charge in [-0.25, -0.2) is 14.2 Å². The van der Waals surface area contributed by atoms with E-state index < -0.39 is 0 Å². The highest BCUT2D eigenvalue weighted by Crippen LogP contribution is 1.84. The van der Waals surface area contributed by atoms with Gasteiger partial charge in [-0.3, -0.25) is 0 Å². The van der Waals surface area contributed by atoms with E-state index in [1.54, 1.807) is 12.4 Å². The van der Waals surface area contributed by atoms with Crippen LogP contribution in [-0.2, 0) is 0 Å². The highest BCUT2D eigenvalue weighted by atomic mass is 16.1. The molecular formula is C6H5N3O. The van der Waals surface area contributed by atoms with Crippen molar-refractivity contribution in [3.05, 3.63) is 28.2 Å². The van der Waals surface area contributed by atoms with E-state index in [2.05, 4.69) is 16.5 Å². The Morgan fingerprint density at radius 2 is 2.50 bits per heavy atom. The zero-order valence-corrected chi connectivity index (χ0v) is 5.16. The molecule has 0 saturated heterocycles. The molecule has 10 heavy (non-hydrogen) atoms. The molecule has 0 aliphatic rings. The molecule has 0 bridgehead atoms. The van der Waals surface area contributed by atoms with Gasteiger partial charge in [0.25, 0.3) is 0 Å². The van der Waals surface area contributed by atoms with Gasteiger partial charge in [-0.2, -0.15) is 0 Å². The second-order valence-electron chi connectivity index (χ2n) is 2.04. The number of fused-ring (bicyclic) bond motifs is 1. The summed E-state index contributed by atoms with van der Waals surface area (Å²) in [6, 6.07) is 0. The van der Waals surface area contributed by atoms with Gasteiger partial charge in [0.1, 0.15) is 0 Å². The van der Waals surface area contributed by atoms with E-state index >= 15 is 0 Å². The summed E-state index contributed by atoms with van der Waals surface area (Å²) in [6.45, 7) is 3.62. The van der Waals surface area contributed by atoms with Crippen molar-refractivity contribution in [1.82, 2.24) is 14.4 Å². The van der Waals surface area contributed by atoms with Crippen LogP contribution in [0.25, 0.3) is 12.2 Å². The average Bonchev–Trinajstić information content (AvgIpc) is 2.40. The van der Waals surface area contributed by atoms with Crippen molar-refractivity contribution in [2.24, 2.45) is 0 Å². The first-order chi connectivity index (χ1) is 4.79. The molecule has 1 N–H and O–H groups in total. The fourth-order valence-electron chi connectivity index (χ4n) is 0.930. The quantitative estimate of drug-likeness (QED) is 0.511. The predicted molar refractivity (Wildman–Crippen MR) is 36.6 cm³/mol. The minimum absolute atomic E-state index is 0.183. The van der Waals surface area contributed by atoms with E-state index in [4.69, 9.17) is 0 Å². The fourth-order valence-corrected chi connectivity index (χ4v) is 0.930. The number of aromatic nitrogens is 3. The lowest BCUT2D eigenvalue weighted by atomic mass is 10.7. The van der Waals surface area contributed by atoms with Crippen molar-refractivity contribution in [2.75, 3.05) is 0 Å². The topological polar surface area (TPSA) is 50.2 Å². The number of imidazole rings is 2. The summed E-state index contributed by atoms with van der Waals surface area (Å²) < 4.78 is 1.42. The maximum atomic E-state index is 10.9. The predicted octanol–water partition coefficient (Wildman–Crippen LogP) is -0.848. The Kier molecular flexibility index (Phi) is 0.768. The molecule has 0 aromatic carbocycles. The highest BCUT2D eigenvalue weighted by molar-refractivity contribution is 5.35. The van der Waals surface area contributed by atoms with Gasteiger partial charge in [0.15, 0.2) is 5.65 Å². The van der Waals surface area contributed by atoms with E-state index in [0.29, 0.717) is 11.0 Å². The molecule has 0 aliphatic carbocycles. The van der Waals surface area contributed by atoms with Crippen LogP contribution in [0.4, 0.5) is 0 Å². The number of H-pyrrole nitrogens is 1. The maximum absolute atomic E-state index is 10.9. The van der Waals surface area contributed by atoms with Crippen molar-refractivity contribution in [3.8, 4) is 0 Å². The minimum Gasteiger partial charge on any atom is -0.310 e. The molecule has 0 amide bonds. The molecule has 0 aliphatic heterocycles. The largest absolute Gasteiger partial charge is 0.331 e. The van der Waals surface area contributed by atoms with Crippen LogP contribution in [0.3, 0.4) is 0 Å². The molecule has 0 saturated carbocycles. The molecule has 2 aromatic rings. The van der Waals surface area contributed by atoms with Crippen LogP contribution in [0, 0.1) is 0 Å². The van der Waals surface area contributed by atoms with Gasteiger partial charge in [0.05, 0.1) is 11.5 Å². The lowest BCUT2D eigenvalue weighted by molar-refractivity contribution is 1.05. The molecule has 0 fully saturated rings. The summed E-state index contributed by atoms with van der Waals surface area (Å²) in [5.41, 5.74) is 0.438. The number of aromatic amines is 1. The third-order valence-corrected chi connectivity index (χ3v) is 1.39. The molecule has 0 radical (unpaired) electrons. The summed E-state index contributed by atoms with van der Waals surface area (Å²) in [7, 11) is 0. The first-order valence-electron chi connectivity index (χ1n) is 2.83. The second-order valence-corrected chi connectivity index (χ2v) is 2.04. The lowest BCUT2D eigenvalue weighted by Crippen LogP contribution is -2.19. The number of nitrogens with zero attached hydrogens (tertiary/aromatic N) is 2. The van der Waals surface area contributed by atoms with E-state index in [9.17, 15) is 4.79 Å². The second kappa shape index (κ2) is 1.47. The third kappa shape index (κ3) is 0.452. The summed E-state index contributed by atoms with van der Waals surface area (Å²) in [6.07, 6.45) is 3.11. The average molecular weight is 135 g/mol. The lowest BCUT2D eigenvalue weighted by Gasteiger charge is -1.74. The summed E-state index contributed by atoms with van der Waals surface area (Å²) in [5, 5.41) is 0.612. The molecule has 0 atom stereocenters. The van der Waals surface area contributed by atoms with E-state index in [-0.39, 0.29) is 5.69 Å². The van der Waals surface area contributed by atoms with Crippen LogP contribution in [0.15, 0.2) is 17.2 Å². The Morgan fingerprint density at radius 1 is 1.70 bits per heavy atom. The van der Waals surface area contributed by atoms with E-state index in [0.717, 1.165) is 0 Å². The standard InChI is InChI=1S/C6H5N3O/c1-4-2-7-5-3-8-6(10)9(4)5/h2-3H,1H2,(H,8,10). The molecule has 50 valence electrons. The molecule has 0 unspecified atom stereocenters. The molecule has 4 heteroatoms. The number of nitrogens with one attached hydrogen (secondary N) is 1. The Morgan fingerprint density at radius 3 is 3.20 bits per heavy atom. The fraction of sp³-hybridized carbons (Fsp3) is 0. The highest BCUT2D eigenvalue weighted by Gasteiger charge is 1.97. The van der Waals surface area contributed by atoms with Gasteiger partial charge in [-0.05, 0) is 0 Å². The normalized spacial score (nSPS) is 10.8. The zero-order valence-electron chi connectivity index (χ0n) is 5.16. The summed E-state index contributed by atoms with van der Waals surface area (Å²) >= 11 is 0. The Bertz CT molecular complexity index is 413. The van der Waals surface area contributed by atoms with Crippen LogP contribution in [0.5, 0.6) is 0 Å². The SMILES string of the molecule is C=c1cnc2c[nH]c(=O)n12. The number of rotatable bonds is 0. The first kappa shape index (κ1) is 5.22. The number of hydrogen-bond acceptors (Lipinski definition) is 2. The third-order valence-electron chi connectivity index (χ3n) is 1.39. The van der Waals surface area contributed by atoms with Gasteiger partial charge in [-0.15, -0.1) is 0 Å². The maximum Gasteiger partial charge on any atom is 0.331 e. The van der Waals surface area contributed by atoms with Crippen molar-refractivity contribution in [1.29, 1.82) is 0 Å². The van der Waals surface area contributed by atoms with Crippen molar-refractivity contribution >= 4 is 12.2 Å². The molecule has 0 spiro atoms. The van der Waals surface area contributed by atoms with Gasteiger partial charge in [0.2, 0.25) is 0 Å². The number of hydrogen-bond donors (Lipinski definition) is 1. The minimum atomic E-state index is -0.183. The van der Waals surface area contributed by atoms with Crippen LogP contribution < -0.4 is 11.0 Å². The van der Waals surface area contributed by atoms with Gasteiger partial charge < -0.3 is 4.98 Å². The molecule has 2 heterocycles. The molecule has 4 nitrogen and oxygen atoms in total.